The number of carbonyl (C=O) groups is 1. The number of ether oxygens (including phenoxy) is 3. The van der Waals surface area contributed by atoms with Gasteiger partial charge in [0.2, 0.25) is 5.82 Å². The van der Waals surface area contributed by atoms with Gasteiger partial charge in [0.05, 0.1) is 12.2 Å². The van der Waals surface area contributed by atoms with Crippen molar-refractivity contribution in [1.29, 1.82) is 0 Å². The molecule has 0 fully saturated rings. The maximum atomic E-state index is 11.9. The predicted octanol–water partition coefficient (Wildman–Crippen LogP) is 3.82. The first-order valence-electron chi connectivity index (χ1n) is 9.12. The normalized spacial score (nSPS) is 10.5. The Balaban J connectivity index is 1.55. The third kappa shape index (κ3) is 4.88. The van der Waals surface area contributed by atoms with Crippen LogP contribution in [-0.2, 0) is 22.6 Å². The zero-order chi connectivity index (χ0) is 19.8. The second-order valence-corrected chi connectivity index (χ2v) is 5.85. The Labute approximate surface area is 163 Å². The van der Waals surface area contributed by atoms with Gasteiger partial charge in [-0.05, 0) is 37.1 Å². The number of hydrogen-bond acceptors (Lipinski definition) is 7. The number of aromatic nitrogens is 2. The second-order valence-electron chi connectivity index (χ2n) is 5.85. The largest absolute Gasteiger partial charge is 0.493 e. The molecule has 3 aromatic rings. The lowest BCUT2D eigenvalue weighted by Crippen LogP contribution is -2.15. The predicted molar refractivity (Wildman–Crippen MR) is 102 cm³/mol. The summed E-state index contributed by atoms with van der Waals surface area (Å²) in [4.78, 5) is 16.2. The Kier molecular flexibility index (Phi) is 6.62. The molecule has 0 amide bonds. The van der Waals surface area contributed by atoms with Crippen LogP contribution in [-0.4, -0.2) is 29.3 Å². The fourth-order valence-electron chi connectivity index (χ4n) is 2.61. The van der Waals surface area contributed by atoms with Crippen LogP contribution in [0.2, 0.25) is 0 Å². The number of esters is 1. The fraction of sp³-hybridized carbons (Fsp3) is 0.286. The Hall–Kier alpha value is -3.35. The molecule has 0 aliphatic carbocycles. The van der Waals surface area contributed by atoms with E-state index in [9.17, 15) is 4.79 Å². The Morgan fingerprint density at radius 1 is 1.00 bits per heavy atom. The minimum Gasteiger partial charge on any atom is -0.493 e. The molecule has 0 atom stereocenters. The van der Waals surface area contributed by atoms with Crippen LogP contribution in [0.15, 0.2) is 53.1 Å². The van der Waals surface area contributed by atoms with E-state index < -0.39 is 5.97 Å². The van der Waals surface area contributed by atoms with E-state index in [0.717, 1.165) is 12.0 Å². The van der Waals surface area contributed by atoms with Crippen molar-refractivity contribution >= 4 is 5.97 Å². The molecular weight excluding hydrogens is 360 g/mol. The number of carbonyl (C=O) groups excluding carboxylic acids is 1. The first-order valence-corrected chi connectivity index (χ1v) is 9.12. The lowest BCUT2D eigenvalue weighted by molar-refractivity contribution is -0.148. The molecular formula is C21H22N2O5. The molecule has 3 rings (SSSR count). The molecule has 0 saturated carbocycles. The standard InChI is InChI=1S/C21H22N2O5/c1-3-15-9-5-7-11-17(15)26-14-20(24)27-13-19-22-21(23-28-19)16-10-6-8-12-18(16)25-4-2/h5-12H,3-4,13-14H2,1-2H3. The van der Waals surface area contributed by atoms with Crippen LogP contribution in [0, 0.1) is 0 Å². The van der Waals surface area contributed by atoms with E-state index in [1.165, 1.54) is 0 Å². The molecule has 0 saturated heterocycles. The smallest absolute Gasteiger partial charge is 0.344 e. The highest BCUT2D eigenvalue weighted by molar-refractivity contribution is 5.71. The summed E-state index contributed by atoms with van der Waals surface area (Å²) >= 11 is 0. The molecule has 0 spiro atoms. The molecule has 7 nitrogen and oxygen atoms in total. The van der Waals surface area contributed by atoms with Crippen LogP contribution in [0.5, 0.6) is 11.5 Å². The third-order valence-corrected chi connectivity index (χ3v) is 3.95. The first kappa shape index (κ1) is 19.4. The Morgan fingerprint density at radius 2 is 1.75 bits per heavy atom. The van der Waals surface area contributed by atoms with Gasteiger partial charge < -0.3 is 18.7 Å². The third-order valence-electron chi connectivity index (χ3n) is 3.95. The maximum absolute atomic E-state index is 11.9. The van der Waals surface area contributed by atoms with Crippen molar-refractivity contribution < 1.29 is 23.5 Å². The summed E-state index contributed by atoms with van der Waals surface area (Å²) in [6.07, 6.45) is 0.819. The molecule has 0 aliphatic heterocycles. The molecule has 1 aromatic heterocycles. The summed E-state index contributed by atoms with van der Waals surface area (Å²) in [6.45, 7) is 4.14. The van der Waals surface area contributed by atoms with Gasteiger partial charge in [-0.3, -0.25) is 0 Å². The summed E-state index contributed by atoms with van der Waals surface area (Å²) in [5, 5.41) is 3.93. The quantitative estimate of drug-likeness (QED) is 0.520. The molecule has 0 aliphatic rings. The fourth-order valence-corrected chi connectivity index (χ4v) is 2.61. The van der Waals surface area contributed by atoms with E-state index in [4.69, 9.17) is 18.7 Å². The molecule has 28 heavy (non-hydrogen) atoms. The Morgan fingerprint density at radius 3 is 2.54 bits per heavy atom. The van der Waals surface area contributed by atoms with Crippen molar-refractivity contribution in [3.63, 3.8) is 0 Å². The minimum absolute atomic E-state index is 0.124. The summed E-state index contributed by atoms with van der Waals surface area (Å²) in [7, 11) is 0. The van der Waals surface area contributed by atoms with Crippen LogP contribution < -0.4 is 9.47 Å². The SMILES string of the molecule is CCOc1ccccc1-c1noc(COC(=O)COc2ccccc2CC)n1. The second kappa shape index (κ2) is 9.55. The van der Waals surface area contributed by atoms with Gasteiger partial charge >= 0.3 is 5.97 Å². The van der Waals surface area contributed by atoms with Gasteiger partial charge in [0.15, 0.2) is 13.2 Å². The number of para-hydroxylation sites is 2. The molecule has 146 valence electrons. The lowest BCUT2D eigenvalue weighted by atomic mass is 10.1. The number of rotatable bonds is 9. The van der Waals surface area contributed by atoms with Crippen molar-refractivity contribution in [2.45, 2.75) is 26.9 Å². The van der Waals surface area contributed by atoms with Gasteiger partial charge in [0.1, 0.15) is 11.5 Å². The zero-order valence-corrected chi connectivity index (χ0v) is 15.9. The van der Waals surface area contributed by atoms with Crippen molar-refractivity contribution in [1.82, 2.24) is 10.1 Å². The van der Waals surface area contributed by atoms with Crippen molar-refractivity contribution in [3.05, 3.63) is 60.0 Å². The van der Waals surface area contributed by atoms with Gasteiger partial charge in [0, 0.05) is 0 Å². The monoisotopic (exact) mass is 382 g/mol. The molecule has 0 radical (unpaired) electrons. The summed E-state index contributed by atoms with van der Waals surface area (Å²) in [6, 6.07) is 15.0. The van der Waals surface area contributed by atoms with E-state index in [1.54, 1.807) is 0 Å². The number of hydrogen-bond donors (Lipinski definition) is 0. The summed E-state index contributed by atoms with van der Waals surface area (Å²) in [5.41, 5.74) is 1.75. The lowest BCUT2D eigenvalue weighted by Gasteiger charge is -2.09. The molecule has 0 N–H and O–H groups in total. The topological polar surface area (TPSA) is 83.7 Å². The van der Waals surface area contributed by atoms with Gasteiger partial charge in [-0.15, -0.1) is 0 Å². The maximum Gasteiger partial charge on any atom is 0.344 e. The van der Waals surface area contributed by atoms with Crippen molar-refractivity contribution in [2.24, 2.45) is 0 Å². The molecule has 0 bridgehead atoms. The van der Waals surface area contributed by atoms with Crippen LogP contribution in [0.4, 0.5) is 0 Å². The summed E-state index contributed by atoms with van der Waals surface area (Å²) < 4.78 is 21.4. The summed E-state index contributed by atoms with van der Waals surface area (Å²) in [5.74, 6) is 1.40. The van der Waals surface area contributed by atoms with Crippen LogP contribution in [0.25, 0.3) is 11.4 Å². The van der Waals surface area contributed by atoms with Crippen LogP contribution >= 0.6 is 0 Å². The molecule has 0 unspecified atom stereocenters. The number of benzene rings is 2. The van der Waals surface area contributed by atoms with E-state index in [-0.39, 0.29) is 19.1 Å². The van der Waals surface area contributed by atoms with Crippen molar-refractivity contribution in [3.8, 4) is 22.9 Å². The molecule has 1 heterocycles. The first-order chi connectivity index (χ1) is 13.7. The van der Waals surface area contributed by atoms with E-state index >= 15 is 0 Å². The zero-order valence-electron chi connectivity index (χ0n) is 15.9. The van der Waals surface area contributed by atoms with E-state index in [1.807, 2.05) is 62.4 Å². The van der Waals surface area contributed by atoms with Gasteiger partial charge in [0.25, 0.3) is 5.89 Å². The van der Waals surface area contributed by atoms with E-state index in [0.29, 0.717) is 29.5 Å². The van der Waals surface area contributed by atoms with Crippen LogP contribution in [0.1, 0.15) is 25.3 Å². The number of nitrogens with zero attached hydrogens (tertiary/aromatic N) is 2. The highest BCUT2D eigenvalue weighted by Gasteiger charge is 2.15. The highest BCUT2D eigenvalue weighted by Crippen LogP contribution is 2.27. The molecule has 7 heteroatoms. The van der Waals surface area contributed by atoms with Gasteiger partial charge in [-0.25, -0.2) is 4.79 Å². The number of aryl methyl sites for hydroxylation is 1. The van der Waals surface area contributed by atoms with Crippen LogP contribution in [0.3, 0.4) is 0 Å². The average Bonchev–Trinajstić information content (AvgIpc) is 3.20. The highest BCUT2D eigenvalue weighted by atomic mass is 16.6. The molecule has 2 aromatic carbocycles. The van der Waals surface area contributed by atoms with E-state index in [2.05, 4.69) is 10.1 Å². The van der Waals surface area contributed by atoms with Gasteiger partial charge in [-0.1, -0.05) is 42.4 Å². The van der Waals surface area contributed by atoms with Crippen molar-refractivity contribution in [2.75, 3.05) is 13.2 Å². The average molecular weight is 382 g/mol. The van der Waals surface area contributed by atoms with Gasteiger partial charge in [-0.2, -0.15) is 4.98 Å². The minimum atomic E-state index is -0.514. The Bertz CT molecular complexity index is 922.